The lowest BCUT2D eigenvalue weighted by atomic mass is 10.1. The van der Waals surface area contributed by atoms with Crippen LogP contribution < -0.4 is 10.6 Å². The standard InChI is InChI=1S/C19H20N2O7S/c1-2-28-29(24,25)18-9-15(19(22)23)16(20-11-13-5-3-7-26-13)10-17(18)21-12-14-6-4-8-27-14/h3-10,20-21H,2,11-12H2,1H3,(H,22,23). The molecule has 0 spiro atoms. The minimum absolute atomic E-state index is 0.0825. The Hall–Kier alpha value is -3.24. The summed E-state index contributed by atoms with van der Waals surface area (Å²) in [7, 11) is -4.17. The zero-order valence-electron chi connectivity index (χ0n) is 15.5. The molecule has 2 heterocycles. The molecule has 0 amide bonds. The van der Waals surface area contributed by atoms with Gasteiger partial charge in [0.2, 0.25) is 0 Å². The van der Waals surface area contributed by atoms with Crippen LogP contribution in [-0.4, -0.2) is 26.1 Å². The highest BCUT2D eigenvalue weighted by atomic mass is 32.2. The fourth-order valence-corrected chi connectivity index (χ4v) is 3.76. The maximum Gasteiger partial charge on any atom is 0.337 e. The van der Waals surface area contributed by atoms with Crippen molar-refractivity contribution in [2.45, 2.75) is 24.9 Å². The van der Waals surface area contributed by atoms with E-state index in [1.807, 2.05) is 0 Å². The highest BCUT2D eigenvalue weighted by Gasteiger charge is 2.24. The number of carbonyl (C=O) groups is 1. The Kier molecular flexibility index (Phi) is 6.25. The summed E-state index contributed by atoms with van der Waals surface area (Å²) in [5, 5.41) is 15.5. The van der Waals surface area contributed by atoms with Gasteiger partial charge in [0.05, 0.1) is 49.2 Å². The number of carboxylic acid groups (broad SMARTS) is 1. The first kappa shape index (κ1) is 20.5. The molecule has 3 rings (SSSR count). The van der Waals surface area contributed by atoms with Gasteiger partial charge in [-0.2, -0.15) is 8.42 Å². The first-order chi connectivity index (χ1) is 13.9. The van der Waals surface area contributed by atoms with Crippen molar-refractivity contribution >= 4 is 27.5 Å². The minimum Gasteiger partial charge on any atom is -0.478 e. The molecule has 0 aliphatic carbocycles. The molecule has 0 unspecified atom stereocenters. The van der Waals surface area contributed by atoms with Crippen molar-refractivity contribution < 1.29 is 31.3 Å². The van der Waals surface area contributed by atoms with Gasteiger partial charge >= 0.3 is 5.97 Å². The molecule has 9 nitrogen and oxygen atoms in total. The number of furan rings is 2. The van der Waals surface area contributed by atoms with Gasteiger partial charge in [-0.05, 0) is 43.3 Å². The van der Waals surface area contributed by atoms with Crippen molar-refractivity contribution in [1.82, 2.24) is 0 Å². The van der Waals surface area contributed by atoms with E-state index in [1.165, 1.54) is 25.5 Å². The van der Waals surface area contributed by atoms with Crippen LogP contribution in [0.5, 0.6) is 0 Å². The lowest BCUT2D eigenvalue weighted by Gasteiger charge is -2.16. The van der Waals surface area contributed by atoms with Crippen molar-refractivity contribution in [3.8, 4) is 0 Å². The predicted octanol–water partition coefficient (Wildman–Crippen LogP) is 3.52. The SMILES string of the molecule is CCOS(=O)(=O)c1cc(C(=O)O)c(NCc2ccco2)cc1NCc1ccco1. The quantitative estimate of drug-likeness (QED) is 0.422. The average Bonchev–Trinajstić information content (AvgIpc) is 3.38. The summed E-state index contributed by atoms with van der Waals surface area (Å²) in [6.07, 6.45) is 3.00. The van der Waals surface area contributed by atoms with Gasteiger partial charge in [-0.15, -0.1) is 0 Å². The van der Waals surface area contributed by atoms with Crippen molar-refractivity contribution in [1.29, 1.82) is 0 Å². The number of hydrogen-bond acceptors (Lipinski definition) is 8. The molecule has 3 aromatic rings. The van der Waals surface area contributed by atoms with Crippen molar-refractivity contribution in [3.63, 3.8) is 0 Å². The van der Waals surface area contributed by atoms with Gasteiger partial charge in [0, 0.05) is 0 Å². The Balaban J connectivity index is 2.00. The summed E-state index contributed by atoms with van der Waals surface area (Å²) in [5.74, 6) is -0.105. The zero-order chi connectivity index (χ0) is 20.9. The van der Waals surface area contributed by atoms with Gasteiger partial charge in [-0.3, -0.25) is 4.18 Å². The number of benzene rings is 1. The van der Waals surface area contributed by atoms with Gasteiger partial charge in [0.15, 0.2) is 0 Å². The summed E-state index contributed by atoms with van der Waals surface area (Å²) >= 11 is 0. The van der Waals surface area contributed by atoms with E-state index in [2.05, 4.69) is 10.6 Å². The van der Waals surface area contributed by atoms with Crippen LogP contribution in [0.4, 0.5) is 11.4 Å². The van der Waals surface area contributed by atoms with E-state index in [-0.39, 0.29) is 41.5 Å². The van der Waals surface area contributed by atoms with E-state index < -0.39 is 16.1 Å². The molecule has 0 atom stereocenters. The van der Waals surface area contributed by atoms with E-state index >= 15 is 0 Å². The third kappa shape index (κ3) is 4.98. The first-order valence-corrected chi connectivity index (χ1v) is 10.1. The molecule has 154 valence electrons. The third-order valence-corrected chi connectivity index (χ3v) is 5.38. The van der Waals surface area contributed by atoms with E-state index in [9.17, 15) is 18.3 Å². The van der Waals surface area contributed by atoms with Crippen LogP contribution in [-0.2, 0) is 27.4 Å². The molecule has 0 bridgehead atoms. The molecule has 29 heavy (non-hydrogen) atoms. The summed E-state index contributed by atoms with van der Waals surface area (Å²) in [4.78, 5) is 11.5. The number of anilines is 2. The Morgan fingerprint density at radius 3 is 2.10 bits per heavy atom. The fourth-order valence-electron chi connectivity index (χ4n) is 2.66. The molecule has 0 saturated heterocycles. The molecule has 0 fully saturated rings. The third-order valence-electron chi connectivity index (χ3n) is 3.96. The highest BCUT2D eigenvalue weighted by molar-refractivity contribution is 7.87. The second kappa shape index (κ2) is 8.84. The summed E-state index contributed by atoms with van der Waals surface area (Å²) in [6.45, 7) is 1.87. The molecule has 1 aromatic carbocycles. The molecule has 0 radical (unpaired) electrons. The van der Waals surface area contributed by atoms with Crippen LogP contribution >= 0.6 is 0 Å². The number of nitrogens with one attached hydrogen (secondary N) is 2. The molecular weight excluding hydrogens is 400 g/mol. The average molecular weight is 420 g/mol. The number of rotatable bonds is 10. The molecule has 10 heteroatoms. The number of hydrogen-bond donors (Lipinski definition) is 3. The molecule has 0 aliphatic heterocycles. The van der Waals surface area contributed by atoms with Crippen LogP contribution in [0.15, 0.2) is 62.7 Å². The van der Waals surface area contributed by atoms with Crippen LogP contribution in [0.3, 0.4) is 0 Å². The maximum atomic E-state index is 12.5. The second-order valence-corrected chi connectivity index (χ2v) is 7.51. The van der Waals surface area contributed by atoms with E-state index in [0.29, 0.717) is 11.5 Å². The Bertz CT molecular complexity index is 1060. The lowest BCUT2D eigenvalue weighted by molar-refractivity contribution is 0.0697. The van der Waals surface area contributed by atoms with E-state index in [0.717, 1.165) is 6.07 Å². The summed E-state index contributed by atoms with van der Waals surface area (Å²) < 4.78 is 40.4. The monoisotopic (exact) mass is 420 g/mol. The van der Waals surface area contributed by atoms with E-state index in [4.69, 9.17) is 13.0 Å². The second-order valence-electron chi connectivity index (χ2n) is 5.93. The largest absolute Gasteiger partial charge is 0.478 e. The Morgan fingerprint density at radius 1 is 1.03 bits per heavy atom. The van der Waals surface area contributed by atoms with Crippen molar-refractivity contribution in [2.75, 3.05) is 17.2 Å². The van der Waals surface area contributed by atoms with E-state index in [1.54, 1.807) is 24.3 Å². The van der Waals surface area contributed by atoms with Gasteiger partial charge in [0.1, 0.15) is 16.4 Å². The number of carboxylic acids is 1. The topological polar surface area (TPSA) is 131 Å². The lowest BCUT2D eigenvalue weighted by Crippen LogP contribution is -2.14. The van der Waals surface area contributed by atoms with Crippen molar-refractivity contribution in [2.24, 2.45) is 0 Å². The fraction of sp³-hybridized carbons (Fsp3) is 0.211. The van der Waals surface area contributed by atoms with Crippen molar-refractivity contribution in [3.05, 3.63) is 66.0 Å². The molecule has 2 aromatic heterocycles. The molecule has 0 aliphatic rings. The minimum atomic E-state index is -4.17. The highest BCUT2D eigenvalue weighted by Crippen LogP contribution is 2.31. The van der Waals surface area contributed by atoms with Crippen LogP contribution in [0.1, 0.15) is 28.8 Å². The van der Waals surface area contributed by atoms with Crippen LogP contribution in [0.2, 0.25) is 0 Å². The molecular formula is C19H20N2O7S. The van der Waals surface area contributed by atoms with Gasteiger partial charge < -0.3 is 24.6 Å². The Labute approximate surface area is 167 Å². The molecule has 3 N–H and O–H groups in total. The first-order valence-electron chi connectivity index (χ1n) is 8.74. The smallest absolute Gasteiger partial charge is 0.337 e. The van der Waals surface area contributed by atoms with Gasteiger partial charge in [-0.25, -0.2) is 4.79 Å². The predicted molar refractivity (Wildman–Crippen MR) is 104 cm³/mol. The zero-order valence-corrected chi connectivity index (χ0v) is 16.4. The number of aromatic carboxylic acids is 1. The van der Waals surface area contributed by atoms with Crippen LogP contribution in [0, 0.1) is 0 Å². The maximum absolute atomic E-state index is 12.5. The normalized spacial score (nSPS) is 11.3. The summed E-state index contributed by atoms with van der Waals surface area (Å²) in [5.41, 5.74) is 0.200. The summed E-state index contributed by atoms with van der Waals surface area (Å²) in [6, 6.07) is 9.37. The Morgan fingerprint density at radius 2 is 1.62 bits per heavy atom. The van der Waals surface area contributed by atoms with Gasteiger partial charge in [0.25, 0.3) is 10.1 Å². The van der Waals surface area contributed by atoms with Crippen LogP contribution in [0.25, 0.3) is 0 Å². The molecule has 0 saturated carbocycles. The van der Waals surface area contributed by atoms with Gasteiger partial charge in [-0.1, -0.05) is 0 Å².